The second-order valence-corrected chi connectivity index (χ2v) is 9.93. The largest absolute Gasteiger partial charge is 0.469 e. The molecular weight excluding hydrogens is 376 g/mol. The van der Waals surface area contributed by atoms with Crippen LogP contribution in [0.15, 0.2) is 27.8 Å². The zero-order valence-corrected chi connectivity index (χ0v) is 18.2. The van der Waals surface area contributed by atoms with Crippen LogP contribution >= 0.6 is 0 Å². The average Bonchev–Trinajstić information content (AvgIpc) is 3.56. The van der Waals surface area contributed by atoms with E-state index in [2.05, 4.69) is 15.5 Å². The number of piperidine rings is 1. The number of hydrogen-bond acceptors (Lipinski definition) is 4. The highest BCUT2D eigenvalue weighted by Crippen LogP contribution is 2.44. The summed E-state index contributed by atoms with van der Waals surface area (Å²) in [5, 5.41) is 7.62. The third-order valence-corrected chi connectivity index (χ3v) is 7.74. The monoisotopic (exact) mass is 414 g/mol. The van der Waals surface area contributed by atoms with Gasteiger partial charge in [-0.2, -0.15) is 0 Å². The average molecular weight is 415 g/mol. The van der Waals surface area contributed by atoms with Gasteiger partial charge in [-0.15, -0.1) is 0 Å². The molecule has 5 rings (SSSR count). The molecule has 2 saturated carbocycles. The molecule has 4 unspecified atom stereocenters. The molecule has 3 heterocycles. The van der Waals surface area contributed by atoms with E-state index in [0.29, 0.717) is 12.1 Å². The van der Waals surface area contributed by atoms with Crippen LogP contribution in [0, 0.1) is 17.8 Å². The first-order valence-corrected chi connectivity index (χ1v) is 12.2. The summed E-state index contributed by atoms with van der Waals surface area (Å²) in [6, 6.07) is 5.13. The van der Waals surface area contributed by atoms with E-state index in [1.165, 1.54) is 64.6 Å². The van der Waals surface area contributed by atoms with Gasteiger partial charge in [0.05, 0.1) is 12.9 Å². The topological polar surface area (TPSA) is 62.0 Å². The summed E-state index contributed by atoms with van der Waals surface area (Å²) in [5.74, 6) is 4.58. The third kappa shape index (κ3) is 5.20. The molecule has 4 atom stereocenters. The Kier molecular flexibility index (Phi) is 6.61. The van der Waals surface area contributed by atoms with E-state index >= 15 is 0 Å². The van der Waals surface area contributed by atoms with Crippen LogP contribution in [0.1, 0.15) is 50.7 Å². The number of aliphatic imine (C=N–C) groups is 1. The first-order valence-electron chi connectivity index (χ1n) is 12.2. The van der Waals surface area contributed by atoms with Gasteiger partial charge in [-0.3, -0.25) is 4.99 Å². The minimum atomic E-state index is 0.523. The number of ether oxygens (including phenoxy) is 1. The Morgan fingerprint density at radius 3 is 2.73 bits per heavy atom. The fourth-order valence-corrected chi connectivity index (χ4v) is 6.01. The lowest BCUT2D eigenvalue weighted by Crippen LogP contribution is -2.52. The predicted octanol–water partition coefficient (Wildman–Crippen LogP) is 3.05. The van der Waals surface area contributed by atoms with E-state index < -0.39 is 0 Å². The van der Waals surface area contributed by atoms with Crippen LogP contribution in [-0.2, 0) is 11.2 Å². The fraction of sp³-hybridized carbons (Fsp3) is 0.792. The Labute approximate surface area is 180 Å². The number of fused-ring (bicyclic) bond motifs is 2. The van der Waals surface area contributed by atoms with Crippen molar-refractivity contribution >= 4 is 5.96 Å². The van der Waals surface area contributed by atoms with Crippen molar-refractivity contribution in [2.75, 3.05) is 39.4 Å². The van der Waals surface area contributed by atoms with Gasteiger partial charge in [-0.25, -0.2) is 0 Å². The summed E-state index contributed by atoms with van der Waals surface area (Å²) in [6.07, 6.45) is 11.8. The number of likely N-dealkylation sites (tertiary alicyclic amines) is 1. The number of hydrogen-bond donors (Lipinski definition) is 2. The molecule has 0 aromatic carbocycles. The van der Waals surface area contributed by atoms with Crippen molar-refractivity contribution < 1.29 is 9.15 Å². The molecule has 2 bridgehead atoms. The van der Waals surface area contributed by atoms with Crippen LogP contribution in [0.25, 0.3) is 0 Å². The number of furan rings is 1. The van der Waals surface area contributed by atoms with Gasteiger partial charge in [-0.1, -0.05) is 6.42 Å². The second kappa shape index (κ2) is 9.73. The van der Waals surface area contributed by atoms with E-state index in [1.807, 2.05) is 12.1 Å². The van der Waals surface area contributed by atoms with Gasteiger partial charge < -0.3 is 24.7 Å². The van der Waals surface area contributed by atoms with Gasteiger partial charge in [0, 0.05) is 51.3 Å². The van der Waals surface area contributed by atoms with Crippen molar-refractivity contribution in [1.29, 1.82) is 0 Å². The molecule has 4 fully saturated rings. The molecule has 0 amide bonds. The normalized spacial score (nSPS) is 32.7. The van der Waals surface area contributed by atoms with Crippen molar-refractivity contribution in [3.8, 4) is 0 Å². The first kappa shape index (κ1) is 20.4. The molecule has 2 aliphatic heterocycles. The van der Waals surface area contributed by atoms with Crippen LogP contribution in [0.3, 0.4) is 0 Å². The number of nitrogens with one attached hydrogen (secondary N) is 2. The van der Waals surface area contributed by atoms with Gasteiger partial charge >= 0.3 is 0 Å². The van der Waals surface area contributed by atoms with Gasteiger partial charge in [0.15, 0.2) is 5.96 Å². The Balaban J connectivity index is 1.13. The van der Waals surface area contributed by atoms with Crippen molar-refractivity contribution in [3.63, 3.8) is 0 Å². The second-order valence-electron chi connectivity index (χ2n) is 9.93. The quantitative estimate of drug-likeness (QED) is 0.530. The Morgan fingerprint density at radius 2 is 2.03 bits per heavy atom. The molecule has 4 aliphatic rings. The fourth-order valence-electron chi connectivity index (χ4n) is 6.01. The van der Waals surface area contributed by atoms with Gasteiger partial charge in [0.2, 0.25) is 0 Å². The zero-order chi connectivity index (χ0) is 20.2. The van der Waals surface area contributed by atoms with Crippen LogP contribution in [-0.4, -0.2) is 62.3 Å². The molecule has 0 radical (unpaired) electrons. The van der Waals surface area contributed by atoms with E-state index in [-0.39, 0.29) is 0 Å². The molecule has 166 valence electrons. The number of nitrogens with zero attached hydrogens (tertiary/aromatic N) is 2. The van der Waals surface area contributed by atoms with Crippen molar-refractivity contribution in [2.24, 2.45) is 22.7 Å². The maximum absolute atomic E-state index is 5.55. The van der Waals surface area contributed by atoms with Crippen LogP contribution in [0.5, 0.6) is 0 Å². The zero-order valence-electron chi connectivity index (χ0n) is 18.2. The highest BCUT2D eigenvalue weighted by atomic mass is 16.5. The summed E-state index contributed by atoms with van der Waals surface area (Å²) in [5.41, 5.74) is 0. The molecule has 2 saturated heterocycles. The molecular formula is C24H38N4O2. The Hall–Kier alpha value is -1.53. The highest BCUT2D eigenvalue weighted by molar-refractivity contribution is 5.80. The van der Waals surface area contributed by atoms with Crippen LogP contribution in [0.4, 0.5) is 0 Å². The minimum Gasteiger partial charge on any atom is -0.469 e. The van der Waals surface area contributed by atoms with Gasteiger partial charge in [-0.05, 0) is 68.4 Å². The first-order chi connectivity index (χ1) is 14.8. The predicted molar refractivity (Wildman–Crippen MR) is 119 cm³/mol. The molecule has 0 spiro atoms. The van der Waals surface area contributed by atoms with Crippen LogP contribution in [0.2, 0.25) is 0 Å². The summed E-state index contributed by atoms with van der Waals surface area (Å²) >= 11 is 0. The van der Waals surface area contributed by atoms with Gasteiger partial charge in [0.25, 0.3) is 0 Å². The van der Waals surface area contributed by atoms with E-state index in [0.717, 1.165) is 55.7 Å². The van der Waals surface area contributed by atoms with Gasteiger partial charge in [0.1, 0.15) is 5.76 Å². The standard InChI is InChI=1S/C24H38N4O2/c1-2-22(30-12-1)5-9-25-24(27-23-15-18-3-4-20(23)14-18)26-21-6-10-28(11-7-21)16-19-8-13-29-17-19/h1-2,12,18-21,23H,3-11,13-17H2,(H2,25,26,27). The lowest BCUT2D eigenvalue weighted by atomic mass is 9.95. The minimum absolute atomic E-state index is 0.523. The summed E-state index contributed by atoms with van der Waals surface area (Å²) in [4.78, 5) is 7.58. The number of guanidine groups is 1. The summed E-state index contributed by atoms with van der Waals surface area (Å²) in [6.45, 7) is 6.25. The smallest absolute Gasteiger partial charge is 0.191 e. The molecule has 30 heavy (non-hydrogen) atoms. The lowest BCUT2D eigenvalue weighted by Gasteiger charge is -2.35. The van der Waals surface area contributed by atoms with E-state index in [9.17, 15) is 0 Å². The summed E-state index contributed by atoms with van der Waals surface area (Å²) in [7, 11) is 0. The molecule has 1 aromatic rings. The van der Waals surface area contributed by atoms with Crippen molar-refractivity contribution in [3.05, 3.63) is 24.2 Å². The molecule has 6 nitrogen and oxygen atoms in total. The highest BCUT2D eigenvalue weighted by Gasteiger charge is 2.40. The lowest BCUT2D eigenvalue weighted by molar-refractivity contribution is 0.150. The molecule has 6 heteroatoms. The molecule has 2 aliphatic carbocycles. The molecule has 1 aromatic heterocycles. The van der Waals surface area contributed by atoms with Crippen LogP contribution < -0.4 is 10.6 Å². The number of rotatable bonds is 7. The third-order valence-electron chi connectivity index (χ3n) is 7.74. The Bertz CT molecular complexity index is 677. The van der Waals surface area contributed by atoms with E-state index in [1.54, 1.807) is 6.26 Å². The van der Waals surface area contributed by atoms with E-state index in [4.69, 9.17) is 14.1 Å². The van der Waals surface area contributed by atoms with Crippen molar-refractivity contribution in [1.82, 2.24) is 15.5 Å². The molecule has 2 N–H and O–H groups in total. The maximum Gasteiger partial charge on any atom is 0.191 e. The summed E-state index contributed by atoms with van der Waals surface area (Å²) < 4.78 is 11.0. The maximum atomic E-state index is 5.55. The SMILES string of the molecule is c1coc(CCN=C(NC2CCN(CC3CCOC3)CC2)NC2CC3CCC2C3)c1. The Morgan fingerprint density at radius 1 is 1.10 bits per heavy atom. The van der Waals surface area contributed by atoms with Crippen molar-refractivity contribution in [2.45, 2.75) is 63.5 Å².